The molecule has 0 aliphatic carbocycles. The predicted molar refractivity (Wildman–Crippen MR) is 129 cm³/mol. The van der Waals surface area contributed by atoms with E-state index >= 15 is 0 Å². The number of nitrogens with zero attached hydrogens (tertiary/aromatic N) is 4. The maximum atomic E-state index is 12.6. The molecule has 0 saturated heterocycles. The van der Waals surface area contributed by atoms with Gasteiger partial charge in [-0.25, -0.2) is 0 Å². The van der Waals surface area contributed by atoms with E-state index in [1.807, 2.05) is 65.2 Å². The van der Waals surface area contributed by atoms with Gasteiger partial charge in [-0.2, -0.15) is 0 Å². The van der Waals surface area contributed by atoms with Gasteiger partial charge in [-0.1, -0.05) is 62.0 Å². The first-order valence-electron chi connectivity index (χ1n) is 10.6. The Hall–Kier alpha value is -3.45. The highest BCUT2D eigenvalue weighted by Crippen LogP contribution is 2.27. The molecule has 32 heavy (non-hydrogen) atoms. The minimum absolute atomic E-state index is 0.0895. The van der Waals surface area contributed by atoms with E-state index in [4.69, 9.17) is 0 Å². The predicted octanol–water partition coefficient (Wildman–Crippen LogP) is 5.57. The summed E-state index contributed by atoms with van der Waals surface area (Å²) < 4.78 is 1.93. The fourth-order valence-corrected chi connectivity index (χ4v) is 4.04. The SMILES string of the molecule is CCC(C)c1ccc(NC(=O)CSc2nnc(-c3ccccn3)n2-c2ccccc2)cc1. The number of thioether (sulfide) groups is 1. The Labute approximate surface area is 192 Å². The highest BCUT2D eigenvalue weighted by Gasteiger charge is 2.18. The minimum atomic E-state index is -0.0895. The Balaban J connectivity index is 1.50. The van der Waals surface area contributed by atoms with Gasteiger partial charge in [0.25, 0.3) is 0 Å². The second-order valence-electron chi connectivity index (χ2n) is 7.46. The fraction of sp³-hybridized carbons (Fsp3) is 0.200. The molecule has 4 aromatic rings. The van der Waals surface area contributed by atoms with Crippen molar-refractivity contribution in [3.05, 3.63) is 84.6 Å². The Bertz CT molecular complexity index is 1160. The van der Waals surface area contributed by atoms with Crippen LogP contribution in [0.5, 0.6) is 0 Å². The zero-order valence-corrected chi connectivity index (χ0v) is 18.9. The summed E-state index contributed by atoms with van der Waals surface area (Å²) >= 11 is 1.35. The van der Waals surface area contributed by atoms with Gasteiger partial charge in [-0.05, 0) is 54.3 Å². The second kappa shape index (κ2) is 10.2. The number of nitrogens with one attached hydrogen (secondary N) is 1. The molecule has 0 aliphatic heterocycles. The van der Waals surface area contributed by atoms with Crippen LogP contribution in [0.15, 0.2) is 84.1 Å². The van der Waals surface area contributed by atoms with E-state index in [9.17, 15) is 4.79 Å². The summed E-state index contributed by atoms with van der Waals surface area (Å²) in [6.45, 7) is 4.37. The number of pyridine rings is 1. The van der Waals surface area contributed by atoms with Gasteiger partial charge in [0, 0.05) is 17.6 Å². The lowest BCUT2D eigenvalue weighted by atomic mass is 9.99. The zero-order chi connectivity index (χ0) is 22.3. The third-order valence-corrected chi connectivity index (χ3v) is 6.18. The van der Waals surface area contributed by atoms with Gasteiger partial charge in [0.1, 0.15) is 5.69 Å². The summed E-state index contributed by atoms with van der Waals surface area (Å²) in [6.07, 6.45) is 2.82. The van der Waals surface area contributed by atoms with Crippen LogP contribution in [0.4, 0.5) is 5.69 Å². The van der Waals surface area contributed by atoms with E-state index in [0.717, 1.165) is 23.5 Å². The molecule has 0 radical (unpaired) electrons. The van der Waals surface area contributed by atoms with Crippen molar-refractivity contribution < 1.29 is 4.79 Å². The van der Waals surface area contributed by atoms with Crippen molar-refractivity contribution in [2.45, 2.75) is 31.3 Å². The van der Waals surface area contributed by atoms with Crippen LogP contribution in [-0.2, 0) is 4.79 Å². The number of amides is 1. The average molecular weight is 444 g/mol. The molecule has 0 bridgehead atoms. The Morgan fingerprint density at radius 2 is 1.75 bits per heavy atom. The number of carbonyl (C=O) groups is 1. The molecule has 1 N–H and O–H groups in total. The second-order valence-corrected chi connectivity index (χ2v) is 8.40. The van der Waals surface area contributed by atoms with Crippen molar-refractivity contribution in [3.8, 4) is 17.2 Å². The molecule has 4 rings (SSSR count). The van der Waals surface area contributed by atoms with E-state index in [1.165, 1.54) is 17.3 Å². The Kier molecular flexibility index (Phi) is 6.97. The number of hydrogen-bond donors (Lipinski definition) is 1. The van der Waals surface area contributed by atoms with E-state index < -0.39 is 0 Å². The van der Waals surface area contributed by atoms with Gasteiger partial charge in [0.05, 0.1) is 5.75 Å². The molecule has 1 atom stereocenters. The first-order valence-corrected chi connectivity index (χ1v) is 11.6. The molecule has 2 aromatic carbocycles. The molecule has 0 aliphatic rings. The number of carbonyl (C=O) groups excluding carboxylic acids is 1. The van der Waals surface area contributed by atoms with Crippen molar-refractivity contribution in [2.24, 2.45) is 0 Å². The number of anilines is 1. The quantitative estimate of drug-likeness (QED) is 0.360. The van der Waals surface area contributed by atoms with Gasteiger partial charge < -0.3 is 5.32 Å². The smallest absolute Gasteiger partial charge is 0.234 e. The Morgan fingerprint density at radius 3 is 2.44 bits per heavy atom. The maximum absolute atomic E-state index is 12.6. The fourth-order valence-electron chi connectivity index (χ4n) is 3.29. The monoisotopic (exact) mass is 443 g/mol. The van der Waals surface area contributed by atoms with Crippen molar-refractivity contribution >= 4 is 23.4 Å². The molecule has 6 nitrogen and oxygen atoms in total. The van der Waals surface area contributed by atoms with Crippen LogP contribution in [-0.4, -0.2) is 31.4 Å². The van der Waals surface area contributed by atoms with Gasteiger partial charge in [-0.3, -0.25) is 14.3 Å². The number of para-hydroxylation sites is 1. The normalized spacial score (nSPS) is 11.8. The van der Waals surface area contributed by atoms with Crippen LogP contribution in [0.3, 0.4) is 0 Å². The van der Waals surface area contributed by atoms with Crippen molar-refractivity contribution in [2.75, 3.05) is 11.1 Å². The van der Waals surface area contributed by atoms with Crippen molar-refractivity contribution in [3.63, 3.8) is 0 Å². The molecule has 1 amide bonds. The molecule has 2 aromatic heterocycles. The molecular formula is C25H25N5OS. The van der Waals surface area contributed by atoms with Crippen LogP contribution in [0.25, 0.3) is 17.2 Å². The third-order valence-electron chi connectivity index (χ3n) is 5.25. The number of rotatable bonds is 8. The first kappa shape index (κ1) is 21.8. The molecule has 0 saturated carbocycles. The lowest BCUT2D eigenvalue weighted by Crippen LogP contribution is -2.14. The molecule has 0 spiro atoms. The lowest BCUT2D eigenvalue weighted by Gasteiger charge is -2.11. The zero-order valence-electron chi connectivity index (χ0n) is 18.1. The highest BCUT2D eigenvalue weighted by atomic mass is 32.2. The maximum Gasteiger partial charge on any atom is 0.234 e. The van der Waals surface area contributed by atoms with Crippen LogP contribution in [0.1, 0.15) is 31.7 Å². The third kappa shape index (κ3) is 5.06. The summed E-state index contributed by atoms with van der Waals surface area (Å²) in [6, 6.07) is 23.6. The molecular weight excluding hydrogens is 418 g/mol. The van der Waals surface area contributed by atoms with E-state index in [-0.39, 0.29) is 11.7 Å². The minimum Gasteiger partial charge on any atom is -0.325 e. The van der Waals surface area contributed by atoms with Gasteiger partial charge in [-0.15, -0.1) is 10.2 Å². The average Bonchev–Trinajstić information content (AvgIpc) is 3.28. The topological polar surface area (TPSA) is 72.7 Å². The standard InChI is InChI=1S/C25H25N5OS/c1-3-18(2)19-12-14-20(15-13-19)27-23(31)17-32-25-29-28-24(22-11-7-8-16-26-22)30(25)21-9-5-4-6-10-21/h4-16,18H,3,17H2,1-2H3,(H,27,31). The number of aromatic nitrogens is 4. The number of benzene rings is 2. The molecule has 0 fully saturated rings. The van der Waals surface area contributed by atoms with Gasteiger partial charge in [0.15, 0.2) is 11.0 Å². The highest BCUT2D eigenvalue weighted by molar-refractivity contribution is 7.99. The van der Waals surface area contributed by atoms with E-state index in [0.29, 0.717) is 16.9 Å². The van der Waals surface area contributed by atoms with Crippen LogP contribution in [0.2, 0.25) is 0 Å². The van der Waals surface area contributed by atoms with Gasteiger partial charge >= 0.3 is 0 Å². The molecule has 162 valence electrons. The largest absolute Gasteiger partial charge is 0.325 e. The van der Waals surface area contributed by atoms with Crippen LogP contribution >= 0.6 is 11.8 Å². The molecule has 7 heteroatoms. The lowest BCUT2D eigenvalue weighted by molar-refractivity contribution is -0.113. The summed E-state index contributed by atoms with van der Waals surface area (Å²) in [5.74, 6) is 1.28. The first-order chi connectivity index (χ1) is 15.7. The van der Waals surface area contributed by atoms with Gasteiger partial charge in [0.2, 0.25) is 5.91 Å². The summed E-state index contributed by atoms with van der Waals surface area (Å²) in [5.41, 5.74) is 3.71. The van der Waals surface area contributed by atoms with Crippen LogP contribution < -0.4 is 5.32 Å². The van der Waals surface area contributed by atoms with Crippen molar-refractivity contribution in [1.82, 2.24) is 19.7 Å². The van der Waals surface area contributed by atoms with E-state index in [1.54, 1.807) is 6.20 Å². The molecule has 2 heterocycles. The summed E-state index contributed by atoms with van der Waals surface area (Å²) in [4.78, 5) is 17.0. The number of hydrogen-bond acceptors (Lipinski definition) is 5. The summed E-state index contributed by atoms with van der Waals surface area (Å²) in [5, 5.41) is 12.3. The van der Waals surface area contributed by atoms with Crippen LogP contribution in [0, 0.1) is 0 Å². The van der Waals surface area contributed by atoms with E-state index in [2.05, 4.69) is 46.5 Å². The van der Waals surface area contributed by atoms with Crippen molar-refractivity contribution in [1.29, 1.82) is 0 Å². The Morgan fingerprint density at radius 1 is 1.00 bits per heavy atom. The molecule has 1 unspecified atom stereocenters. The summed E-state index contributed by atoms with van der Waals surface area (Å²) in [7, 11) is 0.